The molecule has 0 heterocycles. The summed E-state index contributed by atoms with van der Waals surface area (Å²) in [5, 5.41) is 0. The van der Waals surface area contributed by atoms with Gasteiger partial charge in [-0.15, -0.1) is 0 Å². The molecule has 0 amide bonds. The Morgan fingerprint density at radius 2 is 1.70 bits per heavy atom. The van der Waals surface area contributed by atoms with Crippen molar-refractivity contribution >= 4 is 24.9 Å². The molecular formula is C9H10Li. The van der Waals surface area contributed by atoms with Crippen LogP contribution in [-0.2, 0) is 0 Å². The number of hydrogen-bond donors (Lipinski definition) is 0. The van der Waals surface area contributed by atoms with Gasteiger partial charge in [-0.1, -0.05) is 42.5 Å². The van der Waals surface area contributed by atoms with E-state index >= 15 is 0 Å². The molecule has 0 aliphatic heterocycles. The van der Waals surface area contributed by atoms with E-state index in [9.17, 15) is 0 Å². The molecule has 0 nitrogen and oxygen atoms in total. The van der Waals surface area contributed by atoms with Crippen LogP contribution in [0.5, 0.6) is 0 Å². The molecule has 1 aromatic rings. The summed E-state index contributed by atoms with van der Waals surface area (Å²) in [7, 11) is 0. The van der Waals surface area contributed by atoms with E-state index in [4.69, 9.17) is 0 Å². The van der Waals surface area contributed by atoms with Gasteiger partial charge in [0.15, 0.2) is 0 Å². The van der Waals surface area contributed by atoms with Crippen molar-refractivity contribution in [1.29, 1.82) is 0 Å². The maximum absolute atomic E-state index is 2.08. The van der Waals surface area contributed by atoms with Crippen LogP contribution < -0.4 is 0 Å². The average Bonchev–Trinajstić information content (AvgIpc) is 1.91. The van der Waals surface area contributed by atoms with E-state index in [-0.39, 0.29) is 18.9 Å². The van der Waals surface area contributed by atoms with Gasteiger partial charge in [0.1, 0.15) is 0 Å². The topological polar surface area (TPSA) is 0 Å². The number of rotatable bonds is 1. The molecular weight excluding hydrogens is 115 g/mol. The maximum atomic E-state index is 2.08. The number of hydrogen-bond acceptors (Lipinski definition) is 0. The van der Waals surface area contributed by atoms with Gasteiger partial charge in [0.05, 0.1) is 0 Å². The van der Waals surface area contributed by atoms with Crippen molar-refractivity contribution in [3.63, 3.8) is 0 Å². The van der Waals surface area contributed by atoms with E-state index in [1.807, 2.05) is 31.2 Å². The van der Waals surface area contributed by atoms with Crippen LogP contribution in [0.15, 0.2) is 36.4 Å². The molecule has 0 saturated carbocycles. The third-order valence-corrected chi connectivity index (χ3v) is 1.16. The first-order valence-electron chi connectivity index (χ1n) is 3.11. The van der Waals surface area contributed by atoms with Crippen molar-refractivity contribution < 1.29 is 0 Å². The van der Waals surface area contributed by atoms with E-state index in [1.54, 1.807) is 0 Å². The maximum Gasteiger partial charge on any atom is 0 e. The van der Waals surface area contributed by atoms with Crippen LogP contribution in [0.4, 0.5) is 0 Å². The molecule has 0 unspecified atom stereocenters. The Labute approximate surface area is 74.1 Å². The summed E-state index contributed by atoms with van der Waals surface area (Å²) in [4.78, 5) is 0. The van der Waals surface area contributed by atoms with Gasteiger partial charge in [-0.2, -0.15) is 0 Å². The van der Waals surface area contributed by atoms with Gasteiger partial charge < -0.3 is 0 Å². The van der Waals surface area contributed by atoms with Crippen LogP contribution in [-0.4, -0.2) is 18.9 Å². The van der Waals surface area contributed by atoms with Gasteiger partial charge in [0, 0.05) is 18.9 Å². The molecule has 1 rings (SSSR count). The van der Waals surface area contributed by atoms with Crippen molar-refractivity contribution in [2.24, 2.45) is 0 Å². The van der Waals surface area contributed by atoms with Crippen LogP contribution in [0, 0.1) is 0 Å². The molecule has 0 aliphatic rings. The summed E-state index contributed by atoms with van der Waals surface area (Å²) in [5.74, 6) is 0. The summed E-state index contributed by atoms with van der Waals surface area (Å²) in [6.45, 7) is 2.02. The summed E-state index contributed by atoms with van der Waals surface area (Å²) < 4.78 is 0. The fourth-order valence-corrected chi connectivity index (χ4v) is 0.757. The molecule has 0 saturated heterocycles. The van der Waals surface area contributed by atoms with Crippen LogP contribution in [0.3, 0.4) is 0 Å². The van der Waals surface area contributed by atoms with Gasteiger partial charge in [0.25, 0.3) is 0 Å². The van der Waals surface area contributed by atoms with E-state index in [0.29, 0.717) is 0 Å². The standard InChI is InChI=1S/C9H10.Li/c1-2-6-9-7-4-3-5-8-9;/h2-8H,1H3;. The third-order valence-electron chi connectivity index (χ3n) is 1.16. The normalized spacial score (nSPS) is 9.30. The predicted octanol–water partition coefficient (Wildman–Crippen LogP) is 2.34. The second-order valence-electron chi connectivity index (χ2n) is 1.91. The van der Waals surface area contributed by atoms with Crippen molar-refractivity contribution in [2.45, 2.75) is 6.92 Å². The van der Waals surface area contributed by atoms with E-state index in [0.717, 1.165) is 0 Å². The molecule has 1 radical (unpaired) electrons. The molecule has 0 fully saturated rings. The second kappa shape index (κ2) is 5.35. The largest absolute Gasteiger partial charge is 0.0871 e. The molecule has 10 heavy (non-hydrogen) atoms. The molecule has 0 atom stereocenters. The van der Waals surface area contributed by atoms with Crippen LogP contribution in [0.1, 0.15) is 12.5 Å². The van der Waals surface area contributed by atoms with E-state index in [1.165, 1.54) is 5.56 Å². The molecule has 0 aliphatic carbocycles. The smallest absolute Gasteiger partial charge is 0 e. The first-order chi connectivity index (χ1) is 4.43. The molecule has 1 heteroatoms. The predicted molar refractivity (Wildman–Crippen MR) is 46.9 cm³/mol. The third kappa shape index (κ3) is 2.92. The Hall–Kier alpha value is -0.443. The fraction of sp³-hybridized carbons (Fsp3) is 0.111. The molecule has 1 aromatic carbocycles. The number of benzene rings is 1. The minimum atomic E-state index is 0. The van der Waals surface area contributed by atoms with Gasteiger partial charge in [-0.25, -0.2) is 0 Å². The van der Waals surface area contributed by atoms with Crippen LogP contribution in [0.2, 0.25) is 0 Å². The van der Waals surface area contributed by atoms with Gasteiger partial charge >= 0.3 is 0 Å². The first-order valence-corrected chi connectivity index (χ1v) is 3.11. The SMILES string of the molecule is CC=Cc1ccccc1.[Li]. The molecule has 0 aromatic heterocycles. The molecule has 0 bridgehead atoms. The van der Waals surface area contributed by atoms with Gasteiger partial charge in [-0.05, 0) is 12.5 Å². The monoisotopic (exact) mass is 125 g/mol. The minimum absolute atomic E-state index is 0. The Bertz CT molecular complexity index is 189. The average molecular weight is 125 g/mol. The van der Waals surface area contributed by atoms with Crippen molar-refractivity contribution in [2.75, 3.05) is 0 Å². The fourth-order valence-electron chi connectivity index (χ4n) is 0.757. The number of allylic oxidation sites excluding steroid dienone is 1. The Kier molecular flexibility index (Phi) is 5.11. The van der Waals surface area contributed by atoms with Crippen molar-refractivity contribution in [3.05, 3.63) is 42.0 Å². The van der Waals surface area contributed by atoms with Gasteiger partial charge in [-0.3, -0.25) is 0 Å². The summed E-state index contributed by atoms with van der Waals surface area (Å²) >= 11 is 0. The summed E-state index contributed by atoms with van der Waals surface area (Å²) in [6.07, 6.45) is 4.12. The molecule has 47 valence electrons. The quantitative estimate of drug-likeness (QED) is 0.505. The molecule has 0 N–H and O–H groups in total. The minimum Gasteiger partial charge on any atom is -0.0871 e. The zero-order valence-electron chi connectivity index (χ0n) is 6.54. The molecule has 0 spiro atoms. The second-order valence-corrected chi connectivity index (χ2v) is 1.91. The summed E-state index contributed by atoms with van der Waals surface area (Å²) in [5.41, 5.74) is 1.26. The first kappa shape index (κ1) is 9.56. The van der Waals surface area contributed by atoms with Crippen molar-refractivity contribution in [3.8, 4) is 0 Å². The zero-order valence-corrected chi connectivity index (χ0v) is 6.54. The van der Waals surface area contributed by atoms with Crippen LogP contribution in [0.25, 0.3) is 6.08 Å². The van der Waals surface area contributed by atoms with Crippen molar-refractivity contribution in [1.82, 2.24) is 0 Å². The van der Waals surface area contributed by atoms with Gasteiger partial charge in [0.2, 0.25) is 0 Å². The van der Waals surface area contributed by atoms with E-state index in [2.05, 4.69) is 18.2 Å². The zero-order chi connectivity index (χ0) is 6.53. The Morgan fingerprint density at radius 1 is 1.10 bits per heavy atom. The van der Waals surface area contributed by atoms with E-state index < -0.39 is 0 Å². The summed E-state index contributed by atoms with van der Waals surface area (Å²) in [6, 6.07) is 10.3. The Morgan fingerprint density at radius 3 is 2.20 bits per heavy atom. The van der Waals surface area contributed by atoms with Crippen LogP contribution >= 0.6 is 0 Å². The Balaban J connectivity index is 0.000000810.